The van der Waals surface area contributed by atoms with Crippen LogP contribution < -0.4 is 16.0 Å². The van der Waals surface area contributed by atoms with Gasteiger partial charge in [-0.15, -0.1) is 0 Å². The van der Waals surface area contributed by atoms with Crippen molar-refractivity contribution in [2.45, 2.75) is 32.6 Å². The lowest BCUT2D eigenvalue weighted by molar-refractivity contribution is -0.114. The molecule has 178 valence electrons. The van der Waals surface area contributed by atoms with Crippen molar-refractivity contribution in [3.63, 3.8) is 0 Å². The molecule has 0 aliphatic carbocycles. The van der Waals surface area contributed by atoms with E-state index in [1.165, 1.54) is 19.1 Å². The Morgan fingerprint density at radius 3 is 2.18 bits per heavy atom. The predicted molar refractivity (Wildman–Crippen MR) is 121 cm³/mol. The van der Waals surface area contributed by atoms with E-state index in [0.717, 1.165) is 23.8 Å². The predicted octanol–water partition coefficient (Wildman–Crippen LogP) is 5.86. The van der Waals surface area contributed by atoms with Crippen molar-refractivity contribution in [3.05, 3.63) is 83.1 Å². The molecular weight excluding hydrogens is 452 g/mol. The van der Waals surface area contributed by atoms with Gasteiger partial charge in [0.05, 0.1) is 11.4 Å². The molecule has 1 aromatic heterocycles. The van der Waals surface area contributed by atoms with E-state index in [9.17, 15) is 27.2 Å². The standard InChI is InChI=1S/C24H22F4N4O2/c1-14(33)30-22-12-16(9-10-29-22)4-3-15-5-8-20(19(26)11-15)31-23(34)32-21-13-17(24(2,27)28)6-7-18(21)25/h5-13H,3-4H2,1-2H3,(H,29,30,33)(H2,31,32,34). The molecule has 0 unspecified atom stereocenters. The highest BCUT2D eigenvalue weighted by molar-refractivity contribution is 6.00. The topological polar surface area (TPSA) is 83.1 Å². The lowest BCUT2D eigenvalue weighted by atomic mass is 10.0. The Morgan fingerprint density at radius 2 is 1.53 bits per heavy atom. The van der Waals surface area contributed by atoms with Gasteiger partial charge in [0.1, 0.15) is 17.5 Å². The van der Waals surface area contributed by atoms with Crippen LogP contribution in [0.4, 0.5) is 39.5 Å². The first kappa shape index (κ1) is 24.7. The number of aryl methyl sites for hydroxylation is 2. The Kier molecular flexibility index (Phi) is 7.50. The van der Waals surface area contributed by atoms with Gasteiger partial charge in [0, 0.05) is 25.6 Å². The van der Waals surface area contributed by atoms with Crippen LogP contribution in [0.5, 0.6) is 0 Å². The summed E-state index contributed by atoms with van der Waals surface area (Å²) in [6.07, 6.45) is 2.60. The molecule has 0 bridgehead atoms. The molecule has 0 saturated carbocycles. The number of hydrogen-bond donors (Lipinski definition) is 3. The number of benzene rings is 2. The molecule has 3 aromatic rings. The number of alkyl halides is 2. The van der Waals surface area contributed by atoms with Gasteiger partial charge in [-0.25, -0.2) is 27.3 Å². The molecule has 0 atom stereocenters. The summed E-state index contributed by atoms with van der Waals surface area (Å²) in [5.41, 5.74) is 0.464. The van der Waals surface area contributed by atoms with Gasteiger partial charge in [-0.3, -0.25) is 4.79 Å². The van der Waals surface area contributed by atoms with Crippen molar-refractivity contribution < 1.29 is 27.2 Å². The number of urea groups is 1. The van der Waals surface area contributed by atoms with Crippen LogP contribution in [0, 0.1) is 11.6 Å². The fourth-order valence-corrected chi connectivity index (χ4v) is 3.15. The van der Waals surface area contributed by atoms with E-state index in [1.807, 2.05) is 0 Å². The summed E-state index contributed by atoms with van der Waals surface area (Å²) >= 11 is 0. The number of halogens is 4. The molecule has 0 fully saturated rings. The second-order valence-electron chi connectivity index (χ2n) is 7.71. The number of carbonyl (C=O) groups is 2. The van der Waals surface area contributed by atoms with Gasteiger partial charge in [0.25, 0.3) is 5.92 Å². The molecule has 10 heteroatoms. The van der Waals surface area contributed by atoms with Crippen LogP contribution in [0.1, 0.15) is 30.5 Å². The minimum absolute atomic E-state index is 0.157. The number of amides is 3. The Bertz CT molecular complexity index is 1210. The number of aromatic nitrogens is 1. The number of pyridine rings is 1. The third kappa shape index (κ3) is 6.77. The Labute approximate surface area is 193 Å². The highest BCUT2D eigenvalue weighted by Crippen LogP contribution is 2.30. The van der Waals surface area contributed by atoms with Crippen LogP contribution in [-0.2, 0) is 23.6 Å². The van der Waals surface area contributed by atoms with Gasteiger partial charge < -0.3 is 16.0 Å². The van der Waals surface area contributed by atoms with Crippen LogP contribution >= 0.6 is 0 Å². The summed E-state index contributed by atoms with van der Waals surface area (Å²) in [5.74, 6) is -4.65. The van der Waals surface area contributed by atoms with E-state index in [2.05, 4.69) is 20.9 Å². The van der Waals surface area contributed by atoms with Crippen LogP contribution in [-0.4, -0.2) is 16.9 Å². The molecule has 3 amide bonds. The minimum Gasteiger partial charge on any atom is -0.311 e. The van der Waals surface area contributed by atoms with E-state index in [4.69, 9.17) is 0 Å². The summed E-state index contributed by atoms with van der Waals surface area (Å²) < 4.78 is 55.3. The number of carbonyl (C=O) groups excluding carboxylic acids is 2. The molecule has 2 aromatic carbocycles. The molecule has 34 heavy (non-hydrogen) atoms. The number of rotatable bonds is 7. The van der Waals surface area contributed by atoms with Crippen LogP contribution in [0.3, 0.4) is 0 Å². The number of nitrogens with one attached hydrogen (secondary N) is 3. The maximum atomic E-state index is 14.5. The van der Waals surface area contributed by atoms with Crippen molar-refractivity contribution in [3.8, 4) is 0 Å². The first-order valence-corrected chi connectivity index (χ1v) is 10.3. The average Bonchev–Trinajstić information content (AvgIpc) is 2.74. The zero-order chi connectivity index (χ0) is 24.9. The molecule has 0 saturated heterocycles. The van der Waals surface area contributed by atoms with E-state index in [-0.39, 0.29) is 11.6 Å². The maximum Gasteiger partial charge on any atom is 0.323 e. The highest BCUT2D eigenvalue weighted by Gasteiger charge is 2.25. The van der Waals surface area contributed by atoms with Gasteiger partial charge in [-0.05, 0) is 60.4 Å². The van der Waals surface area contributed by atoms with E-state index in [0.29, 0.717) is 31.1 Å². The van der Waals surface area contributed by atoms with Crippen LogP contribution in [0.2, 0.25) is 0 Å². The van der Waals surface area contributed by atoms with E-state index >= 15 is 0 Å². The maximum absolute atomic E-state index is 14.5. The van der Waals surface area contributed by atoms with Gasteiger partial charge in [0.15, 0.2) is 0 Å². The molecule has 3 N–H and O–H groups in total. The lowest BCUT2D eigenvalue weighted by Crippen LogP contribution is -2.21. The molecule has 0 aliphatic heterocycles. The average molecular weight is 474 g/mol. The quantitative estimate of drug-likeness (QED) is 0.375. The second kappa shape index (κ2) is 10.3. The third-order valence-corrected chi connectivity index (χ3v) is 4.83. The van der Waals surface area contributed by atoms with E-state index < -0.39 is 34.8 Å². The SMILES string of the molecule is CC(=O)Nc1cc(CCc2ccc(NC(=O)Nc3cc(C(C)(F)F)ccc3F)c(F)c2)ccn1. The molecule has 3 rings (SSSR count). The summed E-state index contributed by atoms with van der Waals surface area (Å²) in [4.78, 5) is 27.4. The van der Waals surface area contributed by atoms with Crippen molar-refractivity contribution in [2.75, 3.05) is 16.0 Å². The molecule has 0 radical (unpaired) electrons. The van der Waals surface area contributed by atoms with Crippen LogP contribution in [0.15, 0.2) is 54.7 Å². The first-order valence-electron chi connectivity index (χ1n) is 10.3. The van der Waals surface area contributed by atoms with Crippen molar-refractivity contribution >= 4 is 29.1 Å². The zero-order valence-corrected chi connectivity index (χ0v) is 18.4. The molecular formula is C24H22F4N4O2. The molecule has 1 heterocycles. The normalized spacial score (nSPS) is 11.1. The Hall–Kier alpha value is -3.95. The number of hydrogen-bond acceptors (Lipinski definition) is 3. The Balaban J connectivity index is 1.62. The summed E-state index contributed by atoms with van der Waals surface area (Å²) in [6.45, 7) is 2.03. The van der Waals surface area contributed by atoms with E-state index in [1.54, 1.807) is 24.4 Å². The van der Waals surface area contributed by atoms with Crippen molar-refractivity contribution in [2.24, 2.45) is 0 Å². The molecule has 0 aliphatic rings. The smallest absolute Gasteiger partial charge is 0.311 e. The van der Waals surface area contributed by atoms with Crippen molar-refractivity contribution in [1.29, 1.82) is 0 Å². The number of nitrogens with zero attached hydrogens (tertiary/aromatic N) is 1. The lowest BCUT2D eigenvalue weighted by Gasteiger charge is -2.14. The monoisotopic (exact) mass is 474 g/mol. The molecule has 0 spiro atoms. The van der Waals surface area contributed by atoms with Crippen LogP contribution in [0.25, 0.3) is 0 Å². The summed E-state index contributed by atoms with van der Waals surface area (Å²) in [5, 5.41) is 6.95. The summed E-state index contributed by atoms with van der Waals surface area (Å²) in [7, 11) is 0. The first-order chi connectivity index (χ1) is 16.0. The minimum atomic E-state index is -3.22. The third-order valence-electron chi connectivity index (χ3n) is 4.83. The Morgan fingerprint density at radius 1 is 0.853 bits per heavy atom. The van der Waals surface area contributed by atoms with Gasteiger partial charge in [-0.1, -0.05) is 12.1 Å². The second-order valence-corrected chi connectivity index (χ2v) is 7.71. The van der Waals surface area contributed by atoms with Gasteiger partial charge >= 0.3 is 6.03 Å². The fraction of sp³-hybridized carbons (Fsp3) is 0.208. The highest BCUT2D eigenvalue weighted by atomic mass is 19.3. The summed E-state index contributed by atoms with van der Waals surface area (Å²) in [6, 6.07) is 9.31. The van der Waals surface area contributed by atoms with Gasteiger partial charge in [-0.2, -0.15) is 0 Å². The van der Waals surface area contributed by atoms with Gasteiger partial charge in [0.2, 0.25) is 5.91 Å². The zero-order valence-electron chi connectivity index (χ0n) is 18.4. The van der Waals surface area contributed by atoms with Crippen molar-refractivity contribution in [1.82, 2.24) is 4.98 Å². The number of anilines is 3. The largest absolute Gasteiger partial charge is 0.323 e. The fourth-order valence-electron chi connectivity index (χ4n) is 3.15. The molecule has 6 nitrogen and oxygen atoms in total.